The van der Waals surface area contributed by atoms with Crippen LogP contribution in [0.2, 0.25) is 0 Å². The van der Waals surface area contributed by atoms with Crippen molar-refractivity contribution in [2.75, 3.05) is 50.9 Å². The van der Waals surface area contributed by atoms with E-state index < -0.39 is 9.84 Å². The average molecular weight is 250 g/mol. The van der Waals surface area contributed by atoms with E-state index in [0.29, 0.717) is 32.7 Å². The largest absolute Gasteiger partial charge is 0.379 e. The topological polar surface area (TPSA) is 72.6 Å². The second kappa shape index (κ2) is 7.21. The third-order valence-electron chi connectivity index (χ3n) is 2.73. The molecule has 0 atom stereocenters. The SMILES string of the molecule is NCCCCS(=O)(=O)CCN1CCOCC1. The van der Waals surface area contributed by atoms with Gasteiger partial charge in [0.25, 0.3) is 0 Å². The van der Waals surface area contributed by atoms with Crippen LogP contribution in [0, 0.1) is 0 Å². The van der Waals surface area contributed by atoms with Gasteiger partial charge >= 0.3 is 0 Å². The van der Waals surface area contributed by atoms with Gasteiger partial charge in [0.1, 0.15) is 0 Å². The molecule has 1 heterocycles. The number of nitrogens with two attached hydrogens (primary N) is 1. The average Bonchev–Trinajstić information content (AvgIpc) is 2.28. The summed E-state index contributed by atoms with van der Waals surface area (Å²) in [5.74, 6) is 0.534. The molecule has 0 aromatic heterocycles. The Balaban J connectivity index is 2.18. The number of nitrogens with zero attached hydrogens (tertiary/aromatic N) is 1. The van der Waals surface area contributed by atoms with E-state index in [0.717, 1.165) is 19.5 Å². The summed E-state index contributed by atoms with van der Waals surface area (Å²) in [7, 11) is -2.89. The quantitative estimate of drug-likeness (QED) is 0.615. The Bertz CT molecular complexity index is 274. The first-order valence-electron chi connectivity index (χ1n) is 5.84. The summed E-state index contributed by atoms with van der Waals surface area (Å²) in [5.41, 5.74) is 5.33. The Kier molecular flexibility index (Phi) is 6.26. The Morgan fingerprint density at radius 3 is 2.44 bits per heavy atom. The summed E-state index contributed by atoms with van der Waals surface area (Å²) < 4.78 is 28.5. The molecular weight excluding hydrogens is 228 g/mol. The van der Waals surface area contributed by atoms with E-state index >= 15 is 0 Å². The minimum atomic E-state index is -2.89. The summed E-state index contributed by atoms with van der Waals surface area (Å²) in [5, 5.41) is 0. The zero-order valence-corrected chi connectivity index (χ0v) is 10.5. The van der Waals surface area contributed by atoms with Crippen LogP contribution in [-0.2, 0) is 14.6 Å². The second-order valence-electron chi connectivity index (χ2n) is 4.10. The van der Waals surface area contributed by atoms with Crippen LogP contribution in [0.1, 0.15) is 12.8 Å². The molecule has 2 N–H and O–H groups in total. The van der Waals surface area contributed by atoms with Gasteiger partial charge in [-0.25, -0.2) is 8.42 Å². The van der Waals surface area contributed by atoms with Crippen LogP contribution in [0.5, 0.6) is 0 Å². The number of hydrogen-bond acceptors (Lipinski definition) is 5. The fourth-order valence-electron chi connectivity index (χ4n) is 1.66. The Hall–Kier alpha value is -0.170. The van der Waals surface area contributed by atoms with Crippen molar-refractivity contribution < 1.29 is 13.2 Å². The van der Waals surface area contributed by atoms with E-state index in [1.165, 1.54) is 0 Å². The smallest absolute Gasteiger partial charge is 0.151 e. The number of sulfone groups is 1. The summed E-state index contributed by atoms with van der Waals surface area (Å²) in [6.45, 7) is 4.32. The van der Waals surface area contributed by atoms with Crippen molar-refractivity contribution in [1.82, 2.24) is 4.90 Å². The van der Waals surface area contributed by atoms with E-state index in [4.69, 9.17) is 10.5 Å². The van der Waals surface area contributed by atoms with Crippen LogP contribution in [0.4, 0.5) is 0 Å². The molecule has 16 heavy (non-hydrogen) atoms. The maximum atomic E-state index is 11.6. The molecule has 0 spiro atoms. The van der Waals surface area contributed by atoms with Gasteiger partial charge in [-0.15, -0.1) is 0 Å². The Morgan fingerprint density at radius 1 is 1.12 bits per heavy atom. The van der Waals surface area contributed by atoms with Gasteiger partial charge in [0.15, 0.2) is 9.84 Å². The van der Waals surface area contributed by atoms with Crippen LogP contribution in [0.25, 0.3) is 0 Å². The first-order valence-corrected chi connectivity index (χ1v) is 7.67. The molecular formula is C10H22N2O3S. The zero-order chi connectivity index (χ0) is 11.9. The molecule has 1 fully saturated rings. The van der Waals surface area contributed by atoms with Gasteiger partial charge in [-0.1, -0.05) is 0 Å². The lowest BCUT2D eigenvalue weighted by Crippen LogP contribution is -2.39. The van der Waals surface area contributed by atoms with Crippen LogP contribution < -0.4 is 5.73 Å². The van der Waals surface area contributed by atoms with Crippen LogP contribution in [0.3, 0.4) is 0 Å². The highest BCUT2D eigenvalue weighted by Crippen LogP contribution is 2.01. The molecule has 5 nitrogen and oxygen atoms in total. The van der Waals surface area contributed by atoms with E-state index in [2.05, 4.69) is 4.90 Å². The molecule has 0 amide bonds. The van der Waals surface area contributed by atoms with Gasteiger partial charge in [-0.05, 0) is 19.4 Å². The second-order valence-corrected chi connectivity index (χ2v) is 6.41. The molecule has 6 heteroatoms. The maximum absolute atomic E-state index is 11.6. The fourth-order valence-corrected chi connectivity index (χ4v) is 3.05. The number of ether oxygens (including phenoxy) is 1. The molecule has 0 aliphatic carbocycles. The van der Waals surface area contributed by atoms with Crippen molar-refractivity contribution in [3.8, 4) is 0 Å². The molecule has 0 radical (unpaired) electrons. The number of unbranched alkanes of at least 4 members (excludes halogenated alkanes) is 1. The van der Waals surface area contributed by atoms with Gasteiger partial charge < -0.3 is 10.5 Å². The fraction of sp³-hybridized carbons (Fsp3) is 1.00. The monoisotopic (exact) mass is 250 g/mol. The Labute approximate surface area is 97.9 Å². The lowest BCUT2D eigenvalue weighted by Gasteiger charge is -2.26. The molecule has 1 saturated heterocycles. The minimum Gasteiger partial charge on any atom is -0.379 e. The zero-order valence-electron chi connectivity index (χ0n) is 9.73. The third-order valence-corrected chi connectivity index (χ3v) is 4.45. The highest BCUT2D eigenvalue weighted by Gasteiger charge is 2.15. The minimum absolute atomic E-state index is 0.261. The predicted molar refractivity (Wildman–Crippen MR) is 64.2 cm³/mol. The third kappa shape index (κ3) is 5.79. The van der Waals surface area contributed by atoms with Crippen molar-refractivity contribution in [2.24, 2.45) is 5.73 Å². The van der Waals surface area contributed by atoms with Gasteiger partial charge in [0.05, 0.1) is 24.7 Å². The molecule has 0 bridgehead atoms. The van der Waals surface area contributed by atoms with Crippen molar-refractivity contribution in [3.05, 3.63) is 0 Å². The van der Waals surface area contributed by atoms with Crippen molar-refractivity contribution in [1.29, 1.82) is 0 Å². The summed E-state index contributed by atoms with van der Waals surface area (Å²) in [6.07, 6.45) is 1.47. The van der Waals surface area contributed by atoms with Crippen molar-refractivity contribution in [2.45, 2.75) is 12.8 Å². The van der Waals surface area contributed by atoms with Gasteiger partial charge in [0, 0.05) is 19.6 Å². The van der Waals surface area contributed by atoms with Gasteiger partial charge in [0.2, 0.25) is 0 Å². The standard InChI is InChI=1S/C10H22N2O3S/c11-3-1-2-9-16(13,14)10-6-12-4-7-15-8-5-12/h1-11H2. The first-order chi connectivity index (χ1) is 7.64. The normalized spacial score (nSPS) is 18.8. The molecule has 0 saturated carbocycles. The van der Waals surface area contributed by atoms with Gasteiger partial charge in [-0.2, -0.15) is 0 Å². The van der Waals surface area contributed by atoms with E-state index in [-0.39, 0.29) is 11.5 Å². The molecule has 1 aliphatic rings. The highest BCUT2D eigenvalue weighted by atomic mass is 32.2. The summed E-state index contributed by atoms with van der Waals surface area (Å²) >= 11 is 0. The van der Waals surface area contributed by atoms with E-state index in [1.54, 1.807) is 0 Å². The number of rotatable bonds is 7. The molecule has 96 valence electrons. The molecule has 0 unspecified atom stereocenters. The molecule has 1 rings (SSSR count). The van der Waals surface area contributed by atoms with Crippen molar-refractivity contribution in [3.63, 3.8) is 0 Å². The van der Waals surface area contributed by atoms with E-state index in [9.17, 15) is 8.42 Å². The van der Waals surface area contributed by atoms with Crippen LogP contribution in [0.15, 0.2) is 0 Å². The lowest BCUT2D eigenvalue weighted by molar-refractivity contribution is 0.0408. The molecule has 0 aromatic rings. The summed E-state index contributed by atoms with van der Waals surface area (Å²) in [4.78, 5) is 2.14. The number of hydrogen-bond donors (Lipinski definition) is 1. The van der Waals surface area contributed by atoms with Crippen molar-refractivity contribution >= 4 is 9.84 Å². The van der Waals surface area contributed by atoms with Crippen LogP contribution in [-0.4, -0.2) is 64.2 Å². The highest BCUT2D eigenvalue weighted by molar-refractivity contribution is 7.91. The molecule has 0 aromatic carbocycles. The number of morpholine rings is 1. The Morgan fingerprint density at radius 2 is 1.81 bits per heavy atom. The van der Waals surface area contributed by atoms with Crippen LogP contribution >= 0.6 is 0 Å². The van der Waals surface area contributed by atoms with E-state index in [1.807, 2.05) is 0 Å². The van der Waals surface area contributed by atoms with Gasteiger partial charge in [-0.3, -0.25) is 4.90 Å². The predicted octanol–water partition coefficient (Wildman–Crippen LogP) is -0.528. The summed E-state index contributed by atoms with van der Waals surface area (Å²) in [6, 6.07) is 0. The first kappa shape index (κ1) is 13.9. The lowest BCUT2D eigenvalue weighted by atomic mass is 10.3. The molecule has 1 aliphatic heterocycles. The maximum Gasteiger partial charge on any atom is 0.151 e.